The largest absolute Gasteiger partial charge is 0.466 e. The maximum absolute atomic E-state index is 11.8. The number of alkyl halides is 3. The lowest BCUT2D eigenvalue weighted by Gasteiger charge is -2.04. The fourth-order valence-corrected chi connectivity index (χ4v) is 1.01. The fraction of sp³-hybridized carbons (Fsp3) is 0.667. The molecule has 1 heterocycles. The van der Waals surface area contributed by atoms with Crippen LogP contribution >= 0.6 is 0 Å². The van der Waals surface area contributed by atoms with Gasteiger partial charge in [0, 0.05) is 0 Å². The molecule has 9 heteroatoms. The van der Waals surface area contributed by atoms with Crippen molar-refractivity contribution >= 4 is 5.97 Å². The molecule has 0 bridgehead atoms. The monoisotopic (exact) mass is 268 g/mol. The van der Waals surface area contributed by atoms with Gasteiger partial charge in [-0.1, -0.05) is 5.16 Å². The lowest BCUT2D eigenvalue weighted by molar-refractivity contribution is -0.177. The Morgan fingerprint density at radius 1 is 1.44 bits per heavy atom. The minimum Gasteiger partial charge on any atom is -0.466 e. The van der Waals surface area contributed by atoms with Gasteiger partial charge >= 0.3 is 12.1 Å². The molecule has 18 heavy (non-hydrogen) atoms. The van der Waals surface area contributed by atoms with E-state index in [0.717, 1.165) is 0 Å². The summed E-state index contributed by atoms with van der Waals surface area (Å²) in [5, 5.41) is 3.36. The molecule has 1 aromatic heterocycles. The number of hydrogen-bond donors (Lipinski definition) is 0. The minimum atomic E-state index is -4.41. The maximum Gasteiger partial charge on any atom is 0.411 e. The van der Waals surface area contributed by atoms with Gasteiger partial charge in [-0.15, -0.1) is 0 Å². The van der Waals surface area contributed by atoms with Crippen LogP contribution in [0.3, 0.4) is 0 Å². The highest BCUT2D eigenvalue weighted by Crippen LogP contribution is 2.15. The van der Waals surface area contributed by atoms with Gasteiger partial charge in [-0.3, -0.25) is 4.79 Å². The summed E-state index contributed by atoms with van der Waals surface area (Å²) in [6.07, 6.45) is -4.63. The fourth-order valence-electron chi connectivity index (χ4n) is 1.01. The number of esters is 1. The highest BCUT2D eigenvalue weighted by Gasteiger charge is 2.27. The van der Waals surface area contributed by atoms with Crippen LogP contribution in [0, 0.1) is 0 Å². The average Bonchev–Trinajstić information content (AvgIpc) is 2.64. The topological polar surface area (TPSA) is 74.5 Å². The molecule has 0 aliphatic carbocycles. The number of ether oxygens (including phenoxy) is 2. The first kappa shape index (κ1) is 14.4. The molecular formula is C9H11F3N2O4. The predicted molar refractivity (Wildman–Crippen MR) is 50.3 cm³/mol. The normalized spacial score (nSPS) is 11.6. The van der Waals surface area contributed by atoms with Crippen LogP contribution in [0.15, 0.2) is 4.52 Å². The van der Waals surface area contributed by atoms with Gasteiger partial charge in [-0.2, -0.15) is 18.2 Å². The van der Waals surface area contributed by atoms with Crippen LogP contribution in [0.25, 0.3) is 0 Å². The van der Waals surface area contributed by atoms with E-state index in [2.05, 4.69) is 24.1 Å². The summed E-state index contributed by atoms with van der Waals surface area (Å²) in [5.41, 5.74) is 0. The van der Waals surface area contributed by atoms with Crippen molar-refractivity contribution in [2.45, 2.75) is 26.1 Å². The van der Waals surface area contributed by atoms with Gasteiger partial charge in [0.15, 0.2) is 5.82 Å². The van der Waals surface area contributed by atoms with E-state index in [-0.39, 0.29) is 24.7 Å². The number of carbonyl (C=O) groups is 1. The highest BCUT2D eigenvalue weighted by molar-refractivity contribution is 5.71. The number of rotatable bonds is 6. The van der Waals surface area contributed by atoms with Crippen molar-refractivity contribution in [1.29, 1.82) is 0 Å². The van der Waals surface area contributed by atoms with E-state index in [1.165, 1.54) is 0 Å². The van der Waals surface area contributed by atoms with Gasteiger partial charge in [-0.05, 0) is 6.92 Å². The van der Waals surface area contributed by atoms with Gasteiger partial charge in [-0.25, -0.2) is 0 Å². The summed E-state index contributed by atoms with van der Waals surface area (Å²) in [5.74, 6) is -0.637. The number of carbonyl (C=O) groups excluding carboxylic acids is 1. The smallest absolute Gasteiger partial charge is 0.411 e. The summed E-state index contributed by atoms with van der Waals surface area (Å²) in [6, 6.07) is 0. The molecule has 0 saturated heterocycles. The Hall–Kier alpha value is -1.64. The lowest BCUT2D eigenvalue weighted by atomic mass is 10.4. The third kappa shape index (κ3) is 5.62. The second kappa shape index (κ2) is 6.34. The van der Waals surface area contributed by atoms with Crippen molar-refractivity contribution in [1.82, 2.24) is 10.1 Å². The minimum absolute atomic E-state index is 0.0286. The van der Waals surface area contributed by atoms with Gasteiger partial charge < -0.3 is 14.0 Å². The van der Waals surface area contributed by atoms with E-state index >= 15 is 0 Å². The molecule has 0 N–H and O–H groups in total. The molecular weight excluding hydrogens is 257 g/mol. The summed E-state index contributed by atoms with van der Waals surface area (Å²) in [6.45, 7) is 0.0250. The third-order valence-electron chi connectivity index (χ3n) is 1.61. The molecule has 1 rings (SSSR count). The Labute approximate surface area is 100 Å². The molecule has 6 nitrogen and oxygen atoms in total. The van der Waals surface area contributed by atoms with Crippen LogP contribution < -0.4 is 0 Å². The molecule has 0 radical (unpaired) electrons. The highest BCUT2D eigenvalue weighted by atomic mass is 19.4. The van der Waals surface area contributed by atoms with Crippen molar-refractivity contribution in [2.75, 3.05) is 13.2 Å². The molecule has 0 aliphatic heterocycles. The van der Waals surface area contributed by atoms with Crippen LogP contribution in [-0.2, 0) is 27.3 Å². The Balaban J connectivity index is 2.37. The summed E-state index contributed by atoms with van der Waals surface area (Å²) in [7, 11) is 0. The predicted octanol–water partition coefficient (Wildman–Crippen LogP) is 1.25. The van der Waals surface area contributed by atoms with E-state index in [1.807, 2.05) is 0 Å². The van der Waals surface area contributed by atoms with E-state index in [0.29, 0.717) is 0 Å². The molecule has 1 aromatic rings. The Bertz CT molecular complexity index is 391. The molecule has 102 valence electrons. The standard InChI is InChI=1S/C9H11F3N2O4/c1-2-17-8(15)3-7-13-6(14-18-7)4-16-5-9(10,11)12/h2-5H2,1H3. The van der Waals surface area contributed by atoms with Crippen molar-refractivity contribution in [3.05, 3.63) is 11.7 Å². The first-order valence-electron chi connectivity index (χ1n) is 5.02. The maximum atomic E-state index is 11.8. The van der Waals surface area contributed by atoms with Gasteiger partial charge in [0.05, 0.1) is 6.61 Å². The molecule has 0 unspecified atom stereocenters. The third-order valence-corrected chi connectivity index (χ3v) is 1.61. The number of aromatic nitrogens is 2. The van der Waals surface area contributed by atoms with E-state index in [4.69, 9.17) is 0 Å². The number of nitrogens with zero attached hydrogens (tertiary/aromatic N) is 2. The van der Waals surface area contributed by atoms with Crippen LogP contribution in [0.2, 0.25) is 0 Å². The quantitative estimate of drug-likeness (QED) is 0.723. The Kier molecular flexibility index (Phi) is 5.08. The summed E-state index contributed by atoms with van der Waals surface area (Å²) < 4.78 is 48.9. The van der Waals surface area contributed by atoms with E-state index in [1.54, 1.807) is 6.92 Å². The second-order valence-electron chi connectivity index (χ2n) is 3.19. The molecule has 0 atom stereocenters. The van der Waals surface area contributed by atoms with Gasteiger partial charge in [0.25, 0.3) is 0 Å². The van der Waals surface area contributed by atoms with Crippen molar-refractivity contribution < 1.29 is 32.0 Å². The van der Waals surface area contributed by atoms with E-state index < -0.39 is 25.4 Å². The van der Waals surface area contributed by atoms with Crippen LogP contribution in [-0.4, -0.2) is 35.5 Å². The Morgan fingerprint density at radius 2 is 2.17 bits per heavy atom. The summed E-state index contributed by atoms with van der Waals surface area (Å²) >= 11 is 0. The number of halogens is 3. The second-order valence-corrected chi connectivity index (χ2v) is 3.19. The zero-order valence-corrected chi connectivity index (χ0v) is 9.49. The first-order valence-corrected chi connectivity index (χ1v) is 5.02. The van der Waals surface area contributed by atoms with Crippen LogP contribution in [0.5, 0.6) is 0 Å². The van der Waals surface area contributed by atoms with Crippen molar-refractivity contribution in [3.8, 4) is 0 Å². The number of hydrogen-bond acceptors (Lipinski definition) is 6. The van der Waals surface area contributed by atoms with Crippen molar-refractivity contribution in [2.24, 2.45) is 0 Å². The first-order chi connectivity index (χ1) is 8.40. The SMILES string of the molecule is CCOC(=O)Cc1nc(COCC(F)(F)F)no1. The lowest BCUT2D eigenvalue weighted by Crippen LogP contribution is -2.17. The molecule has 0 aliphatic rings. The summed E-state index contributed by atoms with van der Waals surface area (Å²) in [4.78, 5) is 14.7. The molecule has 0 amide bonds. The van der Waals surface area contributed by atoms with Gasteiger partial charge in [0.2, 0.25) is 5.89 Å². The van der Waals surface area contributed by atoms with E-state index in [9.17, 15) is 18.0 Å². The Morgan fingerprint density at radius 3 is 2.78 bits per heavy atom. The van der Waals surface area contributed by atoms with Gasteiger partial charge in [0.1, 0.15) is 19.6 Å². The zero-order chi connectivity index (χ0) is 13.6. The average molecular weight is 268 g/mol. The molecule has 0 spiro atoms. The van der Waals surface area contributed by atoms with Crippen molar-refractivity contribution in [3.63, 3.8) is 0 Å². The molecule has 0 fully saturated rings. The molecule has 0 saturated carbocycles. The zero-order valence-electron chi connectivity index (χ0n) is 9.49. The van der Waals surface area contributed by atoms with Crippen LogP contribution in [0.1, 0.15) is 18.6 Å². The van der Waals surface area contributed by atoms with Crippen LogP contribution in [0.4, 0.5) is 13.2 Å². The molecule has 0 aromatic carbocycles.